The highest BCUT2D eigenvalue weighted by molar-refractivity contribution is 5.88. The van der Waals surface area contributed by atoms with Gasteiger partial charge in [-0.1, -0.05) is 19.3 Å². The first kappa shape index (κ1) is 10.5. The molecule has 0 saturated heterocycles. The maximum absolute atomic E-state index is 6.01. The first-order valence-electron chi connectivity index (χ1n) is 6.36. The molecule has 2 aromatic rings. The van der Waals surface area contributed by atoms with E-state index in [1.54, 1.807) is 0 Å². The van der Waals surface area contributed by atoms with Crippen LogP contribution in [0.2, 0.25) is 0 Å². The van der Waals surface area contributed by atoms with E-state index in [9.17, 15) is 0 Å². The van der Waals surface area contributed by atoms with Gasteiger partial charge in [-0.2, -0.15) is 0 Å². The molecule has 88 valence electrons. The predicted octanol–water partition coefficient (Wildman–Crippen LogP) is 3.26. The van der Waals surface area contributed by atoms with E-state index >= 15 is 0 Å². The lowest BCUT2D eigenvalue weighted by Crippen LogP contribution is -2.08. The molecule has 1 aliphatic rings. The summed E-state index contributed by atoms with van der Waals surface area (Å²) in [6, 6.07) is 6.00. The molecule has 2 heterocycles. The Labute approximate surface area is 101 Å². The Bertz CT molecular complexity index is 530. The fourth-order valence-electron chi connectivity index (χ4n) is 2.73. The van der Waals surface area contributed by atoms with E-state index in [0.29, 0.717) is 11.7 Å². The Morgan fingerprint density at radius 1 is 1.18 bits per heavy atom. The molecule has 0 aromatic carbocycles. The smallest absolute Gasteiger partial charge is 0.133 e. The summed E-state index contributed by atoms with van der Waals surface area (Å²) >= 11 is 0. The van der Waals surface area contributed by atoms with Crippen LogP contribution in [0.4, 0.5) is 5.82 Å². The number of fused-ring (bicyclic) bond motifs is 1. The summed E-state index contributed by atoms with van der Waals surface area (Å²) in [4.78, 5) is 8.94. The first-order chi connectivity index (χ1) is 8.34. The largest absolute Gasteiger partial charge is 0.383 e. The molecule has 0 radical (unpaired) electrons. The Balaban J connectivity index is 2.05. The van der Waals surface area contributed by atoms with E-state index in [4.69, 9.17) is 5.73 Å². The SMILES string of the molecule is Nc1nc(C2CCCCC2)cc2ncccc12. The minimum absolute atomic E-state index is 0.581. The minimum Gasteiger partial charge on any atom is -0.383 e. The summed E-state index contributed by atoms with van der Waals surface area (Å²) < 4.78 is 0. The highest BCUT2D eigenvalue weighted by Gasteiger charge is 2.18. The number of aromatic nitrogens is 2. The van der Waals surface area contributed by atoms with E-state index in [0.717, 1.165) is 16.6 Å². The van der Waals surface area contributed by atoms with Crippen LogP contribution in [0.25, 0.3) is 10.9 Å². The van der Waals surface area contributed by atoms with E-state index < -0.39 is 0 Å². The standard InChI is InChI=1S/C14H17N3/c15-14-11-7-4-8-16-13(11)9-12(17-14)10-5-2-1-3-6-10/h4,7-10H,1-3,5-6H2,(H2,15,17). The average molecular weight is 227 g/mol. The van der Waals surface area contributed by atoms with Crippen LogP contribution in [-0.2, 0) is 0 Å². The van der Waals surface area contributed by atoms with Crippen LogP contribution < -0.4 is 5.73 Å². The van der Waals surface area contributed by atoms with E-state index in [2.05, 4.69) is 16.0 Å². The zero-order valence-corrected chi connectivity index (χ0v) is 9.89. The summed E-state index contributed by atoms with van der Waals surface area (Å²) in [6.07, 6.45) is 8.28. The van der Waals surface area contributed by atoms with Gasteiger partial charge in [0.15, 0.2) is 0 Å². The molecule has 2 aromatic heterocycles. The van der Waals surface area contributed by atoms with Gasteiger partial charge >= 0.3 is 0 Å². The fraction of sp³-hybridized carbons (Fsp3) is 0.429. The summed E-state index contributed by atoms with van der Waals surface area (Å²) in [6.45, 7) is 0. The number of nitrogens with two attached hydrogens (primary N) is 1. The molecule has 0 unspecified atom stereocenters. The monoisotopic (exact) mass is 227 g/mol. The normalized spacial score (nSPS) is 17.4. The molecule has 17 heavy (non-hydrogen) atoms. The predicted molar refractivity (Wildman–Crippen MR) is 69.8 cm³/mol. The fourth-order valence-corrected chi connectivity index (χ4v) is 2.73. The number of pyridine rings is 2. The summed E-state index contributed by atoms with van der Waals surface area (Å²) in [7, 11) is 0. The van der Waals surface area contributed by atoms with Crippen LogP contribution in [-0.4, -0.2) is 9.97 Å². The lowest BCUT2D eigenvalue weighted by molar-refractivity contribution is 0.437. The maximum Gasteiger partial charge on any atom is 0.133 e. The van der Waals surface area contributed by atoms with Crippen molar-refractivity contribution in [2.24, 2.45) is 0 Å². The molecule has 3 nitrogen and oxygen atoms in total. The molecule has 0 amide bonds. The molecule has 3 rings (SSSR count). The van der Waals surface area contributed by atoms with Crippen molar-refractivity contribution >= 4 is 16.7 Å². The first-order valence-corrected chi connectivity index (χ1v) is 6.36. The zero-order valence-electron chi connectivity index (χ0n) is 9.89. The topological polar surface area (TPSA) is 51.8 Å². The molecule has 1 fully saturated rings. The second-order valence-corrected chi connectivity index (χ2v) is 4.84. The highest BCUT2D eigenvalue weighted by atomic mass is 14.9. The summed E-state index contributed by atoms with van der Waals surface area (Å²) in [5.74, 6) is 1.20. The van der Waals surface area contributed by atoms with Crippen molar-refractivity contribution in [3.63, 3.8) is 0 Å². The van der Waals surface area contributed by atoms with Crippen LogP contribution in [0.5, 0.6) is 0 Å². The molecule has 3 heteroatoms. The van der Waals surface area contributed by atoms with Crippen LogP contribution in [0.15, 0.2) is 24.4 Å². The van der Waals surface area contributed by atoms with Gasteiger partial charge < -0.3 is 5.73 Å². The van der Waals surface area contributed by atoms with Gasteiger partial charge in [0.05, 0.1) is 5.52 Å². The quantitative estimate of drug-likeness (QED) is 0.813. The van der Waals surface area contributed by atoms with Crippen molar-refractivity contribution in [1.29, 1.82) is 0 Å². The molecule has 0 bridgehead atoms. The van der Waals surface area contributed by atoms with E-state index in [1.165, 1.54) is 32.1 Å². The lowest BCUT2D eigenvalue weighted by Gasteiger charge is -2.21. The van der Waals surface area contributed by atoms with Crippen LogP contribution in [0, 0.1) is 0 Å². The van der Waals surface area contributed by atoms with Gasteiger partial charge in [0, 0.05) is 23.2 Å². The average Bonchev–Trinajstić information content (AvgIpc) is 2.40. The summed E-state index contributed by atoms with van der Waals surface area (Å²) in [5.41, 5.74) is 8.12. The Kier molecular flexibility index (Phi) is 2.67. The third kappa shape index (κ3) is 1.97. The molecule has 1 saturated carbocycles. The van der Waals surface area contributed by atoms with Gasteiger partial charge in [0.1, 0.15) is 5.82 Å². The molecular weight excluding hydrogens is 210 g/mol. The maximum atomic E-state index is 6.01. The molecule has 0 aliphatic heterocycles. The van der Waals surface area contributed by atoms with Crippen molar-refractivity contribution in [3.8, 4) is 0 Å². The van der Waals surface area contributed by atoms with Gasteiger partial charge in [0.25, 0.3) is 0 Å². The van der Waals surface area contributed by atoms with Crippen LogP contribution in [0.1, 0.15) is 43.7 Å². The van der Waals surface area contributed by atoms with Gasteiger partial charge in [-0.15, -0.1) is 0 Å². The van der Waals surface area contributed by atoms with E-state index in [1.807, 2.05) is 18.3 Å². The molecule has 2 N–H and O–H groups in total. The van der Waals surface area contributed by atoms with Gasteiger partial charge in [-0.3, -0.25) is 4.98 Å². The summed E-state index contributed by atoms with van der Waals surface area (Å²) in [5, 5.41) is 0.965. The Morgan fingerprint density at radius 3 is 2.82 bits per heavy atom. The van der Waals surface area contributed by atoms with Crippen molar-refractivity contribution in [1.82, 2.24) is 9.97 Å². The Hall–Kier alpha value is -1.64. The van der Waals surface area contributed by atoms with Gasteiger partial charge in [-0.05, 0) is 31.0 Å². The van der Waals surface area contributed by atoms with E-state index in [-0.39, 0.29) is 0 Å². The van der Waals surface area contributed by atoms with Crippen molar-refractivity contribution in [3.05, 3.63) is 30.1 Å². The second-order valence-electron chi connectivity index (χ2n) is 4.84. The third-order valence-electron chi connectivity index (χ3n) is 3.67. The molecule has 0 atom stereocenters. The molecular formula is C14H17N3. The number of rotatable bonds is 1. The van der Waals surface area contributed by atoms with Gasteiger partial charge in [-0.25, -0.2) is 4.98 Å². The van der Waals surface area contributed by atoms with Crippen molar-refractivity contribution in [2.75, 3.05) is 5.73 Å². The number of nitrogen functional groups attached to an aromatic ring is 1. The lowest BCUT2D eigenvalue weighted by atomic mass is 9.86. The van der Waals surface area contributed by atoms with Crippen LogP contribution in [0.3, 0.4) is 0 Å². The van der Waals surface area contributed by atoms with Crippen molar-refractivity contribution in [2.45, 2.75) is 38.0 Å². The number of hydrogen-bond donors (Lipinski definition) is 1. The zero-order chi connectivity index (χ0) is 11.7. The number of hydrogen-bond acceptors (Lipinski definition) is 3. The van der Waals surface area contributed by atoms with Crippen LogP contribution >= 0.6 is 0 Å². The Morgan fingerprint density at radius 2 is 2.00 bits per heavy atom. The third-order valence-corrected chi connectivity index (χ3v) is 3.67. The second kappa shape index (κ2) is 4.32. The highest BCUT2D eigenvalue weighted by Crippen LogP contribution is 2.33. The number of nitrogens with zero attached hydrogens (tertiary/aromatic N) is 2. The minimum atomic E-state index is 0.581. The molecule has 0 spiro atoms. The number of anilines is 1. The van der Waals surface area contributed by atoms with Gasteiger partial charge in [0.2, 0.25) is 0 Å². The molecule has 1 aliphatic carbocycles. The van der Waals surface area contributed by atoms with Crippen molar-refractivity contribution < 1.29 is 0 Å².